The normalized spacial score (nSPS) is 10.2. The quantitative estimate of drug-likeness (QED) is 0.846. The van der Waals surface area contributed by atoms with Gasteiger partial charge in [-0.25, -0.2) is 0 Å². The van der Waals surface area contributed by atoms with E-state index in [-0.39, 0.29) is 11.3 Å². The van der Waals surface area contributed by atoms with Crippen molar-refractivity contribution in [2.45, 2.75) is 6.92 Å². The molecule has 1 amide bonds. The second-order valence-corrected chi connectivity index (χ2v) is 4.53. The molecule has 0 spiro atoms. The summed E-state index contributed by atoms with van der Waals surface area (Å²) < 4.78 is 5.63. The number of hydrogen-bond donors (Lipinski definition) is 2. The molecule has 0 atom stereocenters. The lowest BCUT2D eigenvalue weighted by atomic mass is 10.1. The van der Waals surface area contributed by atoms with Crippen molar-refractivity contribution in [3.63, 3.8) is 0 Å². The van der Waals surface area contributed by atoms with Crippen molar-refractivity contribution in [2.24, 2.45) is 5.73 Å². The molecule has 2 aromatic rings. The minimum atomic E-state index is -0.606. The maximum absolute atomic E-state index is 11.4. The number of hydrogen-bond acceptors (Lipinski definition) is 3. The molecule has 0 fully saturated rings. The number of ether oxygens (including phenoxy) is 1. The zero-order chi connectivity index (χ0) is 14.0. The van der Waals surface area contributed by atoms with E-state index in [0.717, 1.165) is 5.56 Å². The van der Waals surface area contributed by atoms with Crippen LogP contribution in [-0.4, -0.2) is 5.91 Å². The van der Waals surface area contributed by atoms with Gasteiger partial charge in [0.05, 0.1) is 16.3 Å². The first kappa shape index (κ1) is 13.2. The number of benzene rings is 2. The average molecular weight is 277 g/mol. The molecule has 2 aromatic carbocycles. The third-order valence-corrected chi connectivity index (χ3v) is 2.91. The second-order valence-electron chi connectivity index (χ2n) is 4.12. The van der Waals surface area contributed by atoms with Crippen LogP contribution < -0.4 is 16.2 Å². The van der Waals surface area contributed by atoms with Gasteiger partial charge in [-0.1, -0.05) is 23.7 Å². The average Bonchev–Trinajstić information content (AvgIpc) is 2.34. The van der Waals surface area contributed by atoms with E-state index in [1.807, 2.05) is 13.0 Å². The number of carbonyl (C=O) groups is 1. The lowest BCUT2D eigenvalue weighted by Gasteiger charge is -2.13. The first-order valence-corrected chi connectivity index (χ1v) is 5.99. The van der Waals surface area contributed by atoms with Crippen LogP contribution in [0.15, 0.2) is 36.4 Å². The molecule has 0 aliphatic rings. The molecule has 0 aliphatic carbocycles. The molecular formula is C14H13ClN2O2. The minimum absolute atomic E-state index is 0.219. The zero-order valence-corrected chi connectivity index (χ0v) is 11.1. The number of nitrogens with two attached hydrogens (primary N) is 2. The van der Waals surface area contributed by atoms with Gasteiger partial charge >= 0.3 is 0 Å². The Kier molecular flexibility index (Phi) is 3.62. The Balaban J connectivity index is 2.46. The van der Waals surface area contributed by atoms with Crippen LogP contribution in [0.5, 0.6) is 11.5 Å². The van der Waals surface area contributed by atoms with E-state index in [0.29, 0.717) is 16.5 Å². The number of carbonyl (C=O) groups excluding carboxylic acids is 1. The van der Waals surface area contributed by atoms with E-state index in [1.54, 1.807) is 30.3 Å². The van der Waals surface area contributed by atoms with Crippen LogP contribution in [0.1, 0.15) is 15.9 Å². The minimum Gasteiger partial charge on any atom is -0.453 e. The van der Waals surface area contributed by atoms with Gasteiger partial charge in [0.2, 0.25) is 0 Å². The number of primary amides is 1. The first-order valence-electron chi connectivity index (χ1n) is 5.61. The highest BCUT2D eigenvalue weighted by molar-refractivity contribution is 6.32. The molecule has 4 N–H and O–H groups in total. The molecule has 0 radical (unpaired) electrons. The summed E-state index contributed by atoms with van der Waals surface area (Å²) in [5.41, 5.74) is 12.7. The summed E-state index contributed by atoms with van der Waals surface area (Å²) in [7, 11) is 0. The molecule has 0 aliphatic heterocycles. The predicted octanol–water partition coefficient (Wildman–Crippen LogP) is 3.12. The molecule has 5 heteroatoms. The Labute approximate surface area is 115 Å². The molecule has 0 heterocycles. The fourth-order valence-electron chi connectivity index (χ4n) is 1.66. The lowest BCUT2D eigenvalue weighted by molar-refractivity contribution is 0.0998. The van der Waals surface area contributed by atoms with Crippen molar-refractivity contribution >= 4 is 23.2 Å². The molecule has 0 unspecified atom stereocenters. The van der Waals surface area contributed by atoms with Gasteiger partial charge in [0.1, 0.15) is 5.75 Å². The number of rotatable bonds is 3. The Hall–Kier alpha value is -2.20. The highest BCUT2D eigenvalue weighted by Gasteiger charge is 2.14. The Morgan fingerprint density at radius 2 is 2.00 bits per heavy atom. The summed E-state index contributed by atoms with van der Waals surface area (Å²) in [5.74, 6) is 0.0407. The molecular weight excluding hydrogens is 264 g/mol. The van der Waals surface area contributed by atoms with E-state index in [9.17, 15) is 4.79 Å². The number of amides is 1. The monoisotopic (exact) mass is 276 g/mol. The molecule has 2 rings (SSSR count). The van der Waals surface area contributed by atoms with Crippen LogP contribution in [0.4, 0.5) is 5.69 Å². The van der Waals surface area contributed by atoms with E-state index < -0.39 is 5.91 Å². The fraction of sp³-hybridized carbons (Fsp3) is 0.0714. The van der Waals surface area contributed by atoms with Crippen molar-refractivity contribution in [1.29, 1.82) is 0 Å². The van der Waals surface area contributed by atoms with Gasteiger partial charge < -0.3 is 16.2 Å². The smallest absolute Gasteiger partial charge is 0.252 e. The van der Waals surface area contributed by atoms with E-state index in [4.69, 9.17) is 27.8 Å². The Morgan fingerprint density at radius 3 is 2.63 bits per heavy atom. The molecule has 98 valence electrons. The van der Waals surface area contributed by atoms with E-state index in [2.05, 4.69) is 0 Å². The Bertz CT molecular complexity index is 641. The van der Waals surface area contributed by atoms with E-state index in [1.165, 1.54) is 0 Å². The largest absolute Gasteiger partial charge is 0.453 e. The van der Waals surface area contributed by atoms with Crippen LogP contribution in [0, 0.1) is 6.92 Å². The lowest BCUT2D eigenvalue weighted by Crippen LogP contribution is -2.13. The first-order chi connectivity index (χ1) is 8.99. The molecule has 4 nitrogen and oxygen atoms in total. The highest BCUT2D eigenvalue weighted by Crippen LogP contribution is 2.35. The van der Waals surface area contributed by atoms with Crippen molar-refractivity contribution in [2.75, 3.05) is 5.73 Å². The summed E-state index contributed by atoms with van der Waals surface area (Å²) in [6, 6.07) is 10.2. The predicted molar refractivity (Wildman–Crippen MR) is 75.6 cm³/mol. The Morgan fingerprint density at radius 1 is 1.26 bits per heavy atom. The maximum atomic E-state index is 11.4. The molecule has 19 heavy (non-hydrogen) atoms. The third-order valence-electron chi connectivity index (χ3n) is 2.61. The summed E-state index contributed by atoms with van der Waals surface area (Å²) in [6.07, 6.45) is 0. The molecule has 0 saturated carbocycles. The number of aryl methyl sites for hydroxylation is 1. The van der Waals surface area contributed by atoms with Crippen LogP contribution in [0.25, 0.3) is 0 Å². The van der Waals surface area contributed by atoms with Gasteiger partial charge in [-0.05, 0) is 36.8 Å². The summed E-state index contributed by atoms with van der Waals surface area (Å²) in [5, 5.41) is 0.443. The van der Waals surface area contributed by atoms with Gasteiger partial charge in [-0.2, -0.15) is 0 Å². The standard InChI is InChI=1S/C14H13ClN2O2/c1-8-5-6-12(10(15)7-8)19-13-9(14(17)18)3-2-4-11(13)16/h2-7H,16H2,1H3,(H2,17,18). The van der Waals surface area contributed by atoms with E-state index >= 15 is 0 Å². The van der Waals surface area contributed by atoms with Crippen LogP contribution in [0.2, 0.25) is 5.02 Å². The van der Waals surface area contributed by atoms with Gasteiger partial charge in [-0.15, -0.1) is 0 Å². The number of para-hydroxylation sites is 1. The van der Waals surface area contributed by atoms with Crippen LogP contribution in [-0.2, 0) is 0 Å². The number of halogens is 1. The maximum Gasteiger partial charge on any atom is 0.252 e. The van der Waals surface area contributed by atoms with Gasteiger partial charge in [0, 0.05) is 0 Å². The molecule has 0 aromatic heterocycles. The number of anilines is 1. The van der Waals surface area contributed by atoms with Gasteiger partial charge in [0.25, 0.3) is 5.91 Å². The zero-order valence-electron chi connectivity index (χ0n) is 10.3. The van der Waals surface area contributed by atoms with Crippen molar-refractivity contribution < 1.29 is 9.53 Å². The van der Waals surface area contributed by atoms with Crippen molar-refractivity contribution in [3.8, 4) is 11.5 Å². The SMILES string of the molecule is Cc1ccc(Oc2c(N)cccc2C(N)=O)c(Cl)c1. The van der Waals surface area contributed by atoms with Gasteiger partial charge in [-0.3, -0.25) is 4.79 Å². The van der Waals surface area contributed by atoms with Crippen molar-refractivity contribution in [1.82, 2.24) is 0 Å². The van der Waals surface area contributed by atoms with Gasteiger partial charge in [0.15, 0.2) is 5.75 Å². The summed E-state index contributed by atoms with van der Waals surface area (Å²) >= 11 is 6.08. The highest BCUT2D eigenvalue weighted by atomic mass is 35.5. The number of nitrogen functional groups attached to an aromatic ring is 1. The third kappa shape index (κ3) is 2.80. The summed E-state index contributed by atoms with van der Waals surface area (Å²) in [4.78, 5) is 11.4. The fourth-order valence-corrected chi connectivity index (χ4v) is 1.94. The van der Waals surface area contributed by atoms with Crippen molar-refractivity contribution in [3.05, 3.63) is 52.5 Å². The molecule has 0 saturated heterocycles. The summed E-state index contributed by atoms with van der Waals surface area (Å²) in [6.45, 7) is 1.92. The molecule has 0 bridgehead atoms. The second kappa shape index (κ2) is 5.20. The van der Waals surface area contributed by atoms with Crippen LogP contribution >= 0.6 is 11.6 Å². The van der Waals surface area contributed by atoms with Crippen LogP contribution in [0.3, 0.4) is 0 Å². The topological polar surface area (TPSA) is 78.3 Å².